The Morgan fingerprint density at radius 2 is 0.836 bits per heavy atom. The minimum Gasteiger partial charge on any atom is -0.437 e. The average Bonchev–Trinajstić information content (AvgIpc) is 3.92. The first-order valence-corrected chi connectivity index (χ1v) is 48.1. The second-order valence-corrected chi connectivity index (χ2v) is 53.8. The number of hydrogen-bond acceptors (Lipinski definition) is 14. The van der Waals surface area contributed by atoms with E-state index in [1.165, 1.54) is 0 Å². The normalized spacial score (nSPS) is 37.9. The minimum absolute atomic E-state index is 0.277. The fourth-order valence-corrected chi connectivity index (χ4v) is 61.6. The van der Waals surface area contributed by atoms with Gasteiger partial charge >= 0.3 is 42.8 Å². The van der Waals surface area contributed by atoms with Crippen molar-refractivity contribution in [1.29, 1.82) is 0 Å². The highest BCUT2D eigenvalue weighted by atomic mass is 28.5. The van der Waals surface area contributed by atoms with Crippen LogP contribution in [0, 0.1) is 0 Å². The van der Waals surface area contributed by atoms with Gasteiger partial charge in [-0.05, 0) is 141 Å². The van der Waals surface area contributed by atoms with Crippen LogP contribution in [0.15, 0.2) is 0 Å². The average molecular weight is 970 g/mol. The largest absolute Gasteiger partial charge is 0.437 e. The van der Waals surface area contributed by atoms with E-state index in [-0.39, 0.29) is 12.2 Å². The van der Waals surface area contributed by atoms with Crippen LogP contribution in [-0.4, -0.2) is 148 Å². The van der Waals surface area contributed by atoms with E-state index in [2.05, 4.69) is 91.7 Å². The standard InChI is InChI=1S/C30H76O14Si11/c1-45-35-47(3)39-54(13,43-52(11,37-45)19-15-17-31-25-29-27-33-29)23-21-49(5,6)41-51(9,10)42-50(7,8)22-24-55(14)40-48(4)36-46(2)38-53(12,44-55)20-16-18-32-26-30-28-34-30/h29-30,45-48H,15-28H2,1-14H3. The zero-order valence-electron chi connectivity index (χ0n) is 36.6. The van der Waals surface area contributed by atoms with Crippen molar-refractivity contribution in [2.75, 3.05) is 39.6 Å². The van der Waals surface area contributed by atoms with Gasteiger partial charge in [0, 0.05) is 13.2 Å². The molecule has 4 aliphatic rings. The summed E-state index contributed by atoms with van der Waals surface area (Å²) < 4.78 is 90.3. The Morgan fingerprint density at radius 3 is 1.15 bits per heavy atom. The Hall–Kier alpha value is 1.83. The zero-order valence-corrected chi connectivity index (χ0v) is 48.2. The predicted molar refractivity (Wildman–Crippen MR) is 241 cm³/mol. The molecule has 0 aliphatic carbocycles. The van der Waals surface area contributed by atoms with Gasteiger partial charge in [0.2, 0.25) is 0 Å². The van der Waals surface area contributed by atoms with Gasteiger partial charge in [-0.25, -0.2) is 0 Å². The summed E-state index contributed by atoms with van der Waals surface area (Å²) >= 11 is 0. The van der Waals surface area contributed by atoms with Crippen LogP contribution in [0.3, 0.4) is 0 Å². The molecule has 4 saturated heterocycles. The summed E-state index contributed by atoms with van der Waals surface area (Å²) in [4.78, 5) is 0. The molecule has 0 saturated carbocycles. The second-order valence-electron chi connectivity index (χ2n) is 18.1. The van der Waals surface area contributed by atoms with Crippen molar-refractivity contribution in [1.82, 2.24) is 0 Å². The van der Waals surface area contributed by atoms with Crippen molar-refractivity contribution in [3.63, 3.8) is 0 Å². The van der Waals surface area contributed by atoms with Crippen molar-refractivity contribution in [3.05, 3.63) is 0 Å². The van der Waals surface area contributed by atoms with Crippen LogP contribution in [0.2, 0.25) is 128 Å². The lowest BCUT2D eigenvalue weighted by molar-refractivity contribution is 0.115. The molecule has 0 radical (unpaired) electrons. The van der Waals surface area contributed by atoms with E-state index in [1.807, 2.05) is 0 Å². The van der Waals surface area contributed by atoms with Crippen LogP contribution in [0.5, 0.6) is 0 Å². The number of hydrogen-bond donors (Lipinski definition) is 0. The van der Waals surface area contributed by atoms with E-state index in [9.17, 15) is 0 Å². The quantitative estimate of drug-likeness (QED) is 0.0758. The zero-order chi connectivity index (χ0) is 40.8. The van der Waals surface area contributed by atoms with E-state index in [4.69, 9.17) is 60.1 Å². The monoisotopic (exact) mass is 968 g/mol. The van der Waals surface area contributed by atoms with Gasteiger partial charge in [0.05, 0.1) is 26.4 Å². The van der Waals surface area contributed by atoms with Crippen molar-refractivity contribution in [2.45, 2.75) is 153 Å². The van der Waals surface area contributed by atoms with E-state index in [0.29, 0.717) is 26.4 Å². The summed E-state index contributed by atoms with van der Waals surface area (Å²) in [5.41, 5.74) is 0. The second kappa shape index (κ2) is 20.8. The van der Waals surface area contributed by atoms with E-state index >= 15 is 0 Å². The fraction of sp³-hybridized carbons (Fsp3) is 1.00. The molecule has 10 atom stereocenters. The molecule has 10 unspecified atom stereocenters. The van der Waals surface area contributed by atoms with Gasteiger partial charge in [-0.1, -0.05) is 0 Å². The summed E-state index contributed by atoms with van der Waals surface area (Å²) in [6.07, 6.45) is 2.34. The minimum atomic E-state index is -2.61. The Labute approximate surface area is 347 Å². The molecule has 4 fully saturated rings. The molecular formula is C30H76O14Si11. The van der Waals surface area contributed by atoms with Gasteiger partial charge in [-0.15, -0.1) is 0 Å². The molecule has 324 valence electrons. The lowest BCUT2D eigenvalue weighted by Crippen LogP contribution is -2.60. The molecule has 4 heterocycles. The summed E-state index contributed by atoms with van der Waals surface area (Å²) in [5.74, 6) is 0. The smallest absolute Gasteiger partial charge is 0.317 e. The third kappa shape index (κ3) is 19.2. The van der Waals surface area contributed by atoms with Crippen molar-refractivity contribution >= 4 is 96.6 Å². The van der Waals surface area contributed by atoms with Gasteiger partial charge in [-0.2, -0.15) is 0 Å². The third-order valence-electron chi connectivity index (χ3n) is 9.95. The summed E-state index contributed by atoms with van der Waals surface area (Å²) in [6.45, 7) is 35.3. The van der Waals surface area contributed by atoms with E-state index in [1.54, 1.807) is 0 Å². The summed E-state index contributed by atoms with van der Waals surface area (Å²) in [7, 11) is -24.6. The molecule has 0 aromatic heterocycles. The molecular weight excluding hydrogens is 893 g/mol. The van der Waals surface area contributed by atoms with Crippen LogP contribution in [0.25, 0.3) is 0 Å². The maximum atomic E-state index is 7.11. The SMILES string of the molecule is C[SiH]1O[SiH](C)O[Si](C)(CC[Si](C)(C)O[Si](C)(C)O[Si](C)(C)CC[Si]2(C)O[SiH](C)O[SiH](C)O[Si](C)(CCCOCC3CO3)O2)O[Si](C)(CCCOCC2CO2)O1. The van der Waals surface area contributed by atoms with Crippen LogP contribution < -0.4 is 0 Å². The van der Waals surface area contributed by atoms with Crippen molar-refractivity contribution in [3.8, 4) is 0 Å². The topological polar surface area (TPSA) is 136 Å². The maximum absolute atomic E-state index is 7.11. The van der Waals surface area contributed by atoms with E-state index in [0.717, 1.165) is 62.3 Å². The van der Waals surface area contributed by atoms with Crippen LogP contribution in [0.1, 0.15) is 12.8 Å². The Bertz CT molecular complexity index is 1110. The highest BCUT2D eigenvalue weighted by Crippen LogP contribution is 2.35. The Morgan fingerprint density at radius 1 is 0.527 bits per heavy atom. The first-order chi connectivity index (χ1) is 25.4. The Balaban J connectivity index is 1.31. The third-order valence-corrected chi connectivity index (χ3v) is 53.4. The number of rotatable bonds is 22. The molecule has 4 aliphatic heterocycles. The van der Waals surface area contributed by atoms with Gasteiger partial charge in [0.1, 0.15) is 12.2 Å². The molecule has 0 aromatic carbocycles. The molecule has 0 aromatic rings. The molecule has 0 bridgehead atoms. The van der Waals surface area contributed by atoms with Gasteiger partial charge in [0.15, 0.2) is 16.6 Å². The molecule has 0 amide bonds. The molecule has 0 N–H and O–H groups in total. The molecule has 14 nitrogen and oxygen atoms in total. The number of epoxide rings is 2. The predicted octanol–water partition coefficient (Wildman–Crippen LogP) is 5.59. The van der Waals surface area contributed by atoms with Crippen LogP contribution in [-0.2, 0) is 60.1 Å². The first-order valence-electron chi connectivity index (χ1n) is 20.6. The molecule has 25 heteroatoms. The summed E-state index contributed by atoms with van der Waals surface area (Å²) in [6, 6.07) is 5.29. The van der Waals surface area contributed by atoms with Crippen molar-refractivity contribution < 1.29 is 60.1 Å². The van der Waals surface area contributed by atoms with E-state index < -0.39 is 96.6 Å². The van der Waals surface area contributed by atoms with Crippen LogP contribution in [0.4, 0.5) is 0 Å². The van der Waals surface area contributed by atoms with Gasteiger partial charge in [0.25, 0.3) is 37.1 Å². The molecule has 55 heavy (non-hydrogen) atoms. The van der Waals surface area contributed by atoms with Gasteiger partial charge in [-0.3, -0.25) is 0 Å². The van der Waals surface area contributed by atoms with Crippen molar-refractivity contribution in [2.24, 2.45) is 0 Å². The Kier molecular flexibility index (Phi) is 18.7. The fourth-order valence-electron chi connectivity index (χ4n) is 7.76. The van der Waals surface area contributed by atoms with Crippen LogP contribution >= 0.6 is 0 Å². The van der Waals surface area contributed by atoms with Gasteiger partial charge < -0.3 is 60.1 Å². The lowest BCUT2D eigenvalue weighted by Gasteiger charge is -2.45. The summed E-state index contributed by atoms with van der Waals surface area (Å²) in [5, 5.41) is 0. The maximum Gasteiger partial charge on any atom is 0.317 e. The number of ether oxygens (including phenoxy) is 4. The highest BCUT2D eigenvalue weighted by molar-refractivity contribution is 6.91. The lowest BCUT2D eigenvalue weighted by atomic mass is 10.5. The first kappa shape index (κ1) is 49.5. The highest BCUT2D eigenvalue weighted by Gasteiger charge is 2.51. The molecule has 0 spiro atoms. The molecule has 4 rings (SSSR count).